The summed E-state index contributed by atoms with van der Waals surface area (Å²) in [6, 6.07) is 16.3. The predicted molar refractivity (Wildman–Crippen MR) is 108 cm³/mol. The van der Waals surface area contributed by atoms with E-state index in [0.29, 0.717) is 39.3 Å². The van der Waals surface area contributed by atoms with Gasteiger partial charge in [0.15, 0.2) is 17.2 Å². The van der Waals surface area contributed by atoms with E-state index in [0.717, 1.165) is 11.0 Å². The van der Waals surface area contributed by atoms with E-state index in [9.17, 15) is 4.79 Å². The summed E-state index contributed by atoms with van der Waals surface area (Å²) in [6.07, 6.45) is 1.58. The second kappa shape index (κ2) is 5.68. The topological polar surface area (TPSA) is 82.8 Å². The van der Waals surface area contributed by atoms with Crippen LogP contribution >= 0.6 is 0 Å². The zero-order valence-corrected chi connectivity index (χ0v) is 15.2. The molecule has 2 aromatic carbocycles. The average molecular weight is 383 g/mol. The summed E-state index contributed by atoms with van der Waals surface area (Å²) in [7, 11) is 1.56. The van der Waals surface area contributed by atoms with Crippen LogP contribution in [0.3, 0.4) is 0 Å². The summed E-state index contributed by atoms with van der Waals surface area (Å²) in [5.41, 5.74) is 2.48. The predicted octanol–water partition coefficient (Wildman–Crippen LogP) is 4.41. The summed E-state index contributed by atoms with van der Waals surface area (Å²) in [4.78, 5) is 22.7. The summed E-state index contributed by atoms with van der Waals surface area (Å²) in [5.74, 6) is 1.66. The Bertz CT molecular complexity index is 1610. The van der Waals surface area contributed by atoms with Crippen LogP contribution in [-0.4, -0.2) is 21.5 Å². The second-order valence-corrected chi connectivity index (χ2v) is 6.65. The minimum atomic E-state index is -0.192. The Hall–Kier alpha value is -4.13. The van der Waals surface area contributed by atoms with Gasteiger partial charge >= 0.3 is 0 Å². The Morgan fingerprint density at radius 3 is 2.76 bits per heavy atom. The molecule has 7 nitrogen and oxygen atoms in total. The fourth-order valence-electron chi connectivity index (χ4n) is 3.69. The lowest BCUT2D eigenvalue weighted by atomic mass is 10.2. The van der Waals surface area contributed by atoms with Gasteiger partial charge in [0, 0.05) is 6.07 Å². The summed E-state index contributed by atoms with van der Waals surface area (Å²) in [5, 5.41) is 0.772. The summed E-state index contributed by atoms with van der Waals surface area (Å²) in [6.45, 7) is 0. The molecule has 4 aromatic heterocycles. The van der Waals surface area contributed by atoms with Gasteiger partial charge in [0.25, 0.3) is 0 Å². The number of hydrogen-bond donors (Lipinski definition) is 0. The number of methoxy groups -OCH3 is 1. The molecule has 0 amide bonds. The van der Waals surface area contributed by atoms with Crippen LogP contribution in [0.2, 0.25) is 0 Å². The molecule has 0 unspecified atom stereocenters. The first kappa shape index (κ1) is 15.9. The zero-order valence-electron chi connectivity index (χ0n) is 15.2. The SMILES string of the molecule is COc1ccc2c(=O)c3c(nc(-c4ccco4)n4c5ccccc5nc34)oc2c1. The second-order valence-electron chi connectivity index (χ2n) is 6.65. The number of ether oxygens (including phenoxy) is 1. The molecular formula is C22H13N3O4. The number of benzene rings is 2. The maximum absolute atomic E-state index is 13.4. The van der Waals surface area contributed by atoms with E-state index in [2.05, 4.69) is 4.98 Å². The van der Waals surface area contributed by atoms with Crippen molar-refractivity contribution in [1.29, 1.82) is 0 Å². The van der Waals surface area contributed by atoms with Gasteiger partial charge in [-0.15, -0.1) is 0 Å². The van der Waals surface area contributed by atoms with E-state index in [1.54, 1.807) is 37.6 Å². The van der Waals surface area contributed by atoms with Gasteiger partial charge in [0.05, 0.1) is 29.8 Å². The number of imidazole rings is 1. The fraction of sp³-hybridized carbons (Fsp3) is 0.0455. The van der Waals surface area contributed by atoms with E-state index >= 15 is 0 Å². The van der Waals surface area contributed by atoms with Gasteiger partial charge in [-0.2, -0.15) is 4.98 Å². The standard InChI is InChI=1S/C22H13N3O4/c1-27-12-8-9-13-17(11-12)29-22-18(19(13)26)21-23-14-5-2-3-6-15(14)25(21)20(24-22)16-7-4-10-28-16/h2-11H,1H3. The molecule has 0 bridgehead atoms. The van der Waals surface area contributed by atoms with Crippen LogP contribution in [0.1, 0.15) is 0 Å². The first-order valence-corrected chi connectivity index (χ1v) is 9.00. The van der Waals surface area contributed by atoms with E-state index < -0.39 is 0 Å². The Morgan fingerprint density at radius 2 is 1.93 bits per heavy atom. The average Bonchev–Trinajstić information content (AvgIpc) is 3.41. The Morgan fingerprint density at radius 1 is 1.03 bits per heavy atom. The van der Waals surface area contributed by atoms with Gasteiger partial charge < -0.3 is 13.6 Å². The number of fused-ring (bicyclic) bond motifs is 6. The first-order chi connectivity index (χ1) is 14.2. The maximum Gasteiger partial charge on any atom is 0.236 e. The molecule has 29 heavy (non-hydrogen) atoms. The van der Waals surface area contributed by atoms with E-state index in [4.69, 9.17) is 18.6 Å². The highest BCUT2D eigenvalue weighted by molar-refractivity contribution is 6.00. The molecule has 0 saturated heterocycles. The Labute approximate surface area is 162 Å². The largest absolute Gasteiger partial charge is 0.497 e. The highest BCUT2D eigenvalue weighted by Gasteiger charge is 2.21. The molecule has 7 heteroatoms. The van der Waals surface area contributed by atoms with Crippen molar-refractivity contribution < 1.29 is 13.6 Å². The van der Waals surface area contributed by atoms with Gasteiger partial charge in [-0.25, -0.2) is 4.98 Å². The lowest BCUT2D eigenvalue weighted by Crippen LogP contribution is -2.07. The monoisotopic (exact) mass is 383 g/mol. The number of rotatable bonds is 2. The van der Waals surface area contributed by atoms with Crippen molar-refractivity contribution in [3.05, 3.63) is 71.1 Å². The lowest BCUT2D eigenvalue weighted by Gasteiger charge is -2.07. The minimum Gasteiger partial charge on any atom is -0.497 e. The number of nitrogens with zero attached hydrogens (tertiary/aromatic N) is 3. The third-order valence-electron chi connectivity index (χ3n) is 5.03. The molecular weight excluding hydrogens is 370 g/mol. The molecule has 140 valence electrons. The molecule has 0 fully saturated rings. The third-order valence-corrected chi connectivity index (χ3v) is 5.03. The molecule has 0 saturated carbocycles. The smallest absolute Gasteiger partial charge is 0.236 e. The molecule has 0 N–H and O–H groups in total. The van der Waals surface area contributed by atoms with E-state index in [1.165, 1.54) is 0 Å². The highest BCUT2D eigenvalue weighted by atomic mass is 16.5. The summed E-state index contributed by atoms with van der Waals surface area (Å²) < 4.78 is 18.7. The van der Waals surface area contributed by atoms with E-state index in [1.807, 2.05) is 34.7 Å². The van der Waals surface area contributed by atoms with Crippen molar-refractivity contribution in [2.75, 3.05) is 7.11 Å². The van der Waals surface area contributed by atoms with Crippen molar-refractivity contribution in [3.8, 4) is 17.3 Å². The highest BCUT2D eigenvalue weighted by Crippen LogP contribution is 2.30. The normalized spacial score (nSPS) is 11.8. The minimum absolute atomic E-state index is 0.192. The van der Waals surface area contributed by atoms with Crippen LogP contribution in [0.15, 0.2) is 74.5 Å². The number of hydrogen-bond acceptors (Lipinski definition) is 6. The van der Waals surface area contributed by atoms with Gasteiger partial charge in [-0.3, -0.25) is 9.20 Å². The van der Waals surface area contributed by atoms with Crippen LogP contribution in [0, 0.1) is 0 Å². The van der Waals surface area contributed by atoms with E-state index in [-0.39, 0.29) is 11.1 Å². The molecule has 6 aromatic rings. The first-order valence-electron chi connectivity index (χ1n) is 9.00. The number of aromatic nitrogens is 3. The van der Waals surface area contributed by atoms with Gasteiger partial charge in [-0.05, 0) is 36.4 Å². The van der Waals surface area contributed by atoms with Gasteiger partial charge in [0.1, 0.15) is 16.7 Å². The third kappa shape index (κ3) is 2.15. The number of para-hydroxylation sites is 2. The maximum atomic E-state index is 13.4. The van der Waals surface area contributed by atoms with Crippen molar-refractivity contribution in [1.82, 2.24) is 14.4 Å². The van der Waals surface area contributed by atoms with Crippen LogP contribution < -0.4 is 10.2 Å². The van der Waals surface area contributed by atoms with Crippen molar-refractivity contribution >= 4 is 38.7 Å². The van der Waals surface area contributed by atoms with Crippen molar-refractivity contribution in [2.24, 2.45) is 0 Å². The van der Waals surface area contributed by atoms with Crippen LogP contribution in [0.25, 0.3) is 50.3 Å². The van der Waals surface area contributed by atoms with Crippen molar-refractivity contribution in [3.63, 3.8) is 0 Å². The molecule has 0 aliphatic heterocycles. The van der Waals surface area contributed by atoms with Crippen LogP contribution in [0.4, 0.5) is 0 Å². The Kier molecular flexibility index (Phi) is 3.11. The number of furan rings is 1. The fourth-order valence-corrected chi connectivity index (χ4v) is 3.69. The molecule has 0 atom stereocenters. The Balaban J connectivity index is 1.88. The van der Waals surface area contributed by atoms with Gasteiger partial charge in [0.2, 0.25) is 11.1 Å². The zero-order chi connectivity index (χ0) is 19.5. The van der Waals surface area contributed by atoms with Crippen LogP contribution in [-0.2, 0) is 0 Å². The molecule has 4 heterocycles. The van der Waals surface area contributed by atoms with Crippen molar-refractivity contribution in [2.45, 2.75) is 0 Å². The quantitative estimate of drug-likeness (QED) is 0.412. The molecule has 0 aliphatic rings. The lowest BCUT2D eigenvalue weighted by molar-refractivity contribution is 0.414. The van der Waals surface area contributed by atoms with Crippen LogP contribution in [0.5, 0.6) is 5.75 Å². The molecule has 0 spiro atoms. The summed E-state index contributed by atoms with van der Waals surface area (Å²) >= 11 is 0. The van der Waals surface area contributed by atoms with Gasteiger partial charge in [-0.1, -0.05) is 12.1 Å². The molecule has 0 aliphatic carbocycles. The molecule has 0 radical (unpaired) electrons. The molecule has 6 rings (SSSR count).